The van der Waals surface area contributed by atoms with Gasteiger partial charge in [0, 0.05) is 5.71 Å². The number of allylic oxidation sites excluding steroid dienone is 8. The third kappa shape index (κ3) is 15.4. The fourth-order valence-electron chi connectivity index (χ4n) is 2.69. The van der Waals surface area contributed by atoms with E-state index in [4.69, 9.17) is 5.41 Å². The van der Waals surface area contributed by atoms with Crippen molar-refractivity contribution >= 4 is 5.71 Å². The van der Waals surface area contributed by atoms with Crippen LogP contribution in [-0.4, -0.2) is 5.71 Å². The van der Waals surface area contributed by atoms with Crippen molar-refractivity contribution in [1.82, 2.24) is 0 Å². The summed E-state index contributed by atoms with van der Waals surface area (Å²) in [4.78, 5) is 0. The van der Waals surface area contributed by atoms with E-state index in [1.54, 1.807) is 0 Å². The van der Waals surface area contributed by atoms with E-state index >= 15 is 0 Å². The fourth-order valence-corrected chi connectivity index (χ4v) is 2.69. The Morgan fingerprint density at radius 2 is 1.50 bits per heavy atom. The summed E-state index contributed by atoms with van der Waals surface area (Å²) in [6.45, 7) is 26.4. The number of unbranched alkanes of at least 4 members (excludes halogenated alkanes) is 1. The molecule has 1 aromatic rings. The fraction of sp³-hybridized carbons (Fsp3) is 0.452. The molecule has 32 heavy (non-hydrogen) atoms. The van der Waals surface area contributed by atoms with Crippen molar-refractivity contribution in [2.24, 2.45) is 0 Å². The summed E-state index contributed by atoms with van der Waals surface area (Å²) in [5.41, 5.74) is 9.09. The van der Waals surface area contributed by atoms with Crippen molar-refractivity contribution < 1.29 is 0 Å². The van der Waals surface area contributed by atoms with Gasteiger partial charge in [0.25, 0.3) is 0 Å². The van der Waals surface area contributed by atoms with Crippen LogP contribution >= 0.6 is 0 Å². The second kappa shape index (κ2) is 19.3. The molecule has 0 heterocycles. The van der Waals surface area contributed by atoms with Crippen LogP contribution in [-0.2, 0) is 6.42 Å². The molecule has 178 valence electrons. The molecular weight excluding hydrogens is 386 g/mol. The molecule has 1 heteroatoms. The lowest BCUT2D eigenvalue weighted by molar-refractivity contribution is 0.789. The summed E-state index contributed by atoms with van der Waals surface area (Å²) < 4.78 is 0. The Morgan fingerprint density at radius 1 is 0.938 bits per heavy atom. The van der Waals surface area contributed by atoms with Crippen molar-refractivity contribution in [3.63, 3.8) is 0 Å². The van der Waals surface area contributed by atoms with Crippen LogP contribution in [0.25, 0.3) is 0 Å². The van der Waals surface area contributed by atoms with E-state index in [1.165, 1.54) is 41.5 Å². The number of aryl methyl sites for hydroxylation is 2. The third-order valence-corrected chi connectivity index (χ3v) is 5.32. The van der Waals surface area contributed by atoms with E-state index in [0.29, 0.717) is 5.71 Å². The van der Waals surface area contributed by atoms with Gasteiger partial charge in [-0.15, -0.1) is 6.58 Å². The summed E-state index contributed by atoms with van der Waals surface area (Å²) in [6.07, 6.45) is 12.0. The van der Waals surface area contributed by atoms with Gasteiger partial charge in [-0.25, -0.2) is 0 Å². The lowest BCUT2D eigenvalue weighted by Gasteiger charge is -2.12. The lowest BCUT2D eigenvalue weighted by Crippen LogP contribution is -1.98. The Bertz CT molecular complexity index is 782. The highest BCUT2D eigenvalue weighted by molar-refractivity contribution is 5.96. The Hall–Kier alpha value is -2.41. The van der Waals surface area contributed by atoms with Crippen LogP contribution in [0.3, 0.4) is 0 Å². The maximum atomic E-state index is 7.63. The number of rotatable bonds is 9. The van der Waals surface area contributed by atoms with Gasteiger partial charge in [0.15, 0.2) is 0 Å². The molecule has 1 aromatic carbocycles. The Labute approximate surface area is 200 Å². The predicted octanol–water partition coefficient (Wildman–Crippen LogP) is 10.1. The standard InChI is InChI=1S/C15H23N.C9H12.C7H14/c1-7-9-10-15(8-2)13(5)11(3)12(4)14(6)16;1-3-9-6-4-8(2)5-7-9;1-4-5-6-7(2)3/h7,9-10,16H,5,8H2,1-4,6H3;4-7H,3H2,1-2H3;2,4-6H2,1,3H3/b9-7-,12-11-,15-10+,16-14?;;. The van der Waals surface area contributed by atoms with Crippen LogP contribution in [0.5, 0.6) is 0 Å². The highest BCUT2D eigenvalue weighted by Crippen LogP contribution is 2.23. The first-order valence-corrected chi connectivity index (χ1v) is 12.0. The van der Waals surface area contributed by atoms with Crippen LogP contribution in [0.4, 0.5) is 0 Å². The average Bonchev–Trinajstić information content (AvgIpc) is 2.78. The Morgan fingerprint density at radius 3 is 1.84 bits per heavy atom. The summed E-state index contributed by atoms with van der Waals surface area (Å²) in [5.74, 6) is 0. The molecule has 0 aliphatic heterocycles. The largest absolute Gasteiger partial charge is 0.305 e. The van der Waals surface area contributed by atoms with E-state index < -0.39 is 0 Å². The summed E-state index contributed by atoms with van der Waals surface area (Å²) in [5, 5.41) is 7.63. The van der Waals surface area contributed by atoms with Gasteiger partial charge in [-0.05, 0) is 95.1 Å². The molecule has 0 aliphatic carbocycles. The molecule has 0 bridgehead atoms. The highest BCUT2D eigenvalue weighted by Gasteiger charge is 2.06. The molecule has 0 amide bonds. The molecule has 0 unspecified atom stereocenters. The second-order valence-electron chi connectivity index (χ2n) is 8.32. The average molecular weight is 436 g/mol. The second-order valence-corrected chi connectivity index (χ2v) is 8.32. The minimum absolute atomic E-state index is 0.611. The zero-order valence-corrected chi connectivity index (χ0v) is 22.5. The minimum atomic E-state index is 0.611. The summed E-state index contributed by atoms with van der Waals surface area (Å²) in [7, 11) is 0. The normalized spacial score (nSPS) is 11.6. The van der Waals surface area contributed by atoms with Crippen LogP contribution < -0.4 is 0 Å². The number of nitrogens with one attached hydrogen (secondary N) is 1. The van der Waals surface area contributed by atoms with Gasteiger partial charge in [0.05, 0.1) is 0 Å². The van der Waals surface area contributed by atoms with Gasteiger partial charge < -0.3 is 5.41 Å². The topological polar surface area (TPSA) is 23.9 Å². The van der Waals surface area contributed by atoms with Crippen molar-refractivity contribution in [3.05, 3.63) is 94.6 Å². The van der Waals surface area contributed by atoms with E-state index in [2.05, 4.69) is 78.1 Å². The lowest BCUT2D eigenvalue weighted by atomic mass is 9.93. The maximum absolute atomic E-state index is 7.63. The number of hydrogen-bond donors (Lipinski definition) is 1. The summed E-state index contributed by atoms with van der Waals surface area (Å²) >= 11 is 0. The van der Waals surface area contributed by atoms with Gasteiger partial charge in [-0.2, -0.15) is 0 Å². The zero-order chi connectivity index (χ0) is 25.1. The van der Waals surface area contributed by atoms with Crippen molar-refractivity contribution in [1.29, 1.82) is 5.41 Å². The van der Waals surface area contributed by atoms with Crippen LogP contribution in [0.15, 0.2) is 83.5 Å². The van der Waals surface area contributed by atoms with E-state index in [-0.39, 0.29) is 0 Å². The molecule has 1 rings (SSSR count). The SMILES string of the molecule is C=C(/C(C)=C(/C)C(C)=N)/C(=C/C=C\C)CC.C=C(C)CCCC.CCc1ccc(C)cc1. The zero-order valence-electron chi connectivity index (χ0n) is 22.5. The Balaban J connectivity index is 0. The van der Waals surface area contributed by atoms with Crippen molar-refractivity contribution in [2.75, 3.05) is 0 Å². The van der Waals surface area contributed by atoms with Gasteiger partial charge in [0.2, 0.25) is 0 Å². The van der Waals surface area contributed by atoms with Gasteiger partial charge in [-0.1, -0.05) is 87.4 Å². The highest BCUT2D eigenvalue weighted by atomic mass is 14.4. The first-order chi connectivity index (χ1) is 15.0. The number of hydrogen-bond acceptors (Lipinski definition) is 1. The third-order valence-electron chi connectivity index (χ3n) is 5.32. The molecule has 1 nitrogen and oxygen atoms in total. The van der Waals surface area contributed by atoms with E-state index in [1.807, 2.05) is 39.8 Å². The molecular formula is C31H49N. The first-order valence-electron chi connectivity index (χ1n) is 12.0. The smallest absolute Gasteiger partial charge is 0.0314 e. The van der Waals surface area contributed by atoms with E-state index in [0.717, 1.165) is 29.6 Å². The quantitative estimate of drug-likeness (QED) is 0.226. The Kier molecular flexibility index (Phi) is 19.2. The molecule has 0 saturated carbocycles. The molecule has 0 fully saturated rings. The van der Waals surface area contributed by atoms with Gasteiger partial charge >= 0.3 is 0 Å². The first kappa shape index (κ1) is 31.8. The molecule has 0 spiro atoms. The monoisotopic (exact) mass is 435 g/mol. The minimum Gasteiger partial charge on any atom is -0.305 e. The molecule has 0 atom stereocenters. The van der Waals surface area contributed by atoms with Gasteiger partial charge in [-0.3, -0.25) is 0 Å². The summed E-state index contributed by atoms with van der Waals surface area (Å²) in [6, 6.07) is 8.66. The van der Waals surface area contributed by atoms with Gasteiger partial charge in [0.1, 0.15) is 0 Å². The molecule has 0 saturated heterocycles. The molecule has 1 N–H and O–H groups in total. The molecule has 0 radical (unpaired) electrons. The van der Waals surface area contributed by atoms with E-state index in [9.17, 15) is 0 Å². The molecule has 0 aliphatic rings. The maximum Gasteiger partial charge on any atom is 0.0314 e. The van der Waals surface area contributed by atoms with Crippen molar-refractivity contribution in [2.45, 2.75) is 94.4 Å². The van der Waals surface area contributed by atoms with Crippen molar-refractivity contribution in [3.8, 4) is 0 Å². The van der Waals surface area contributed by atoms with Crippen LogP contribution in [0, 0.1) is 12.3 Å². The predicted molar refractivity (Wildman–Crippen MR) is 149 cm³/mol. The number of benzene rings is 1. The molecule has 0 aromatic heterocycles. The van der Waals surface area contributed by atoms with Crippen LogP contribution in [0.1, 0.15) is 92.2 Å². The van der Waals surface area contributed by atoms with Crippen LogP contribution in [0.2, 0.25) is 0 Å².